The molecule has 0 bridgehead atoms. The third-order valence-electron chi connectivity index (χ3n) is 2.02. The van der Waals surface area contributed by atoms with Crippen LogP contribution in [0.4, 0.5) is 0 Å². The summed E-state index contributed by atoms with van der Waals surface area (Å²) in [4.78, 5) is 0. The zero-order chi connectivity index (χ0) is 7.84. The van der Waals surface area contributed by atoms with Crippen LogP contribution in [0.5, 0.6) is 5.75 Å². The second-order valence-electron chi connectivity index (χ2n) is 2.99. The highest BCUT2D eigenvalue weighted by atomic mass is 79.9. The van der Waals surface area contributed by atoms with E-state index in [0.29, 0.717) is 11.7 Å². The molecule has 2 heteroatoms. The normalized spacial score (nSPS) is 16.8. The van der Waals surface area contributed by atoms with Crippen LogP contribution in [0.1, 0.15) is 24.3 Å². The van der Waals surface area contributed by atoms with Gasteiger partial charge in [0.1, 0.15) is 5.75 Å². The molecular formula is C9H9BrO. The van der Waals surface area contributed by atoms with Gasteiger partial charge in [-0.05, 0) is 52.4 Å². The third kappa shape index (κ3) is 1.41. The first-order chi connectivity index (χ1) is 5.27. The van der Waals surface area contributed by atoms with Crippen LogP contribution in [0.2, 0.25) is 0 Å². The Kier molecular flexibility index (Phi) is 1.64. The van der Waals surface area contributed by atoms with Gasteiger partial charge >= 0.3 is 0 Å². The van der Waals surface area contributed by atoms with Crippen molar-refractivity contribution in [3.05, 3.63) is 28.2 Å². The van der Waals surface area contributed by atoms with Gasteiger partial charge < -0.3 is 5.11 Å². The number of hydrogen-bond donors (Lipinski definition) is 1. The van der Waals surface area contributed by atoms with Gasteiger partial charge in [0.25, 0.3) is 0 Å². The zero-order valence-corrected chi connectivity index (χ0v) is 7.63. The number of benzene rings is 1. The zero-order valence-electron chi connectivity index (χ0n) is 6.05. The number of phenolic OH excluding ortho intramolecular Hbond substituents is 1. The molecule has 0 spiro atoms. The van der Waals surface area contributed by atoms with Crippen LogP contribution < -0.4 is 0 Å². The van der Waals surface area contributed by atoms with Crippen LogP contribution in [0.15, 0.2) is 22.7 Å². The van der Waals surface area contributed by atoms with Crippen molar-refractivity contribution < 1.29 is 5.11 Å². The monoisotopic (exact) mass is 212 g/mol. The lowest BCUT2D eigenvalue weighted by Crippen LogP contribution is -1.78. The number of halogens is 1. The first-order valence-electron chi connectivity index (χ1n) is 3.76. The predicted octanol–water partition coefficient (Wildman–Crippen LogP) is 3.03. The summed E-state index contributed by atoms with van der Waals surface area (Å²) in [6.07, 6.45) is 2.56. The molecule has 11 heavy (non-hydrogen) atoms. The van der Waals surface area contributed by atoms with Gasteiger partial charge in [-0.25, -0.2) is 0 Å². The SMILES string of the molecule is Oc1cc(C2CC2)ccc1Br. The maximum atomic E-state index is 9.33. The first kappa shape index (κ1) is 7.17. The lowest BCUT2D eigenvalue weighted by Gasteiger charge is -2.00. The van der Waals surface area contributed by atoms with Gasteiger partial charge in [0.2, 0.25) is 0 Å². The number of rotatable bonds is 1. The summed E-state index contributed by atoms with van der Waals surface area (Å²) < 4.78 is 0.780. The molecule has 0 radical (unpaired) electrons. The van der Waals surface area contributed by atoms with Crippen molar-refractivity contribution in [2.75, 3.05) is 0 Å². The van der Waals surface area contributed by atoms with E-state index in [1.807, 2.05) is 12.1 Å². The average Bonchev–Trinajstić information content (AvgIpc) is 2.77. The summed E-state index contributed by atoms with van der Waals surface area (Å²) in [5, 5.41) is 9.33. The standard InChI is InChI=1S/C9H9BrO/c10-8-4-3-7(5-9(8)11)6-1-2-6/h3-6,11H,1-2H2. The van der Waals surface area contributed by atoms with E-state index in [9.17, 15) is 5.11 Å². The van der Waals surface area contributed by atoms with E-state index >= 15 is 0 Å². The summed E-state index contributed by atoms with van der Waals surface area (Å²) >= 11 is 3.25. The topological polar surface area (TPSA) is 20.2 Å². The Morgan fingerprint density at radius 3 is 2.64 bits per heavy atom. The number of hydrogen-bond acceptors (Lipinski definition) is 1. The second kappa shape index (κ2) is 2.52. The molecule has 1 N–H and O–H groups in total. The molecule has 2 rings (SSSR count). The summed E-state index contributed by atoms with van der Waals surface area (Å²) in [5.41, 5.74) is 1.27. The molecule has 1 fully saturated rings. The maximum absolute atomic E-state index is 9.33. The highest BCUT2D eigenvalue weighted by molar-refractivity contribution is 9.10. The number of aromatic hydroxyl groups is 1. The van der Waals surface area contributed by atoms with Crippen molar-refractivity contribution in [1.82, 2.24) is 0 Å². The molecule has 1 aromatic carbocycles. The van der Waals surface area contributed by atoms with E-state index in [1.165, 1.54) is 18.4 Å². The van der Waals surface area contributed by atoms with Crippen molar-refractivity contribution in [1.29, 1.82) is 0 Å². The summed E-state index contributed by atoms with van der Waals surface area (Å²) in [7, 11) is 0. The molecule has 0 aliphatic heterocycles. The highest BCUT2D eigenvalue weighted by Gasteiger charge is 2.23. The van der Waals surface area contributed by atoms with Gasteiger partial charge in [-0.3, -0.25) is 0 Å². The fourth-order valence-electron chi connectivity index (χ4n) is 1.20. The summed E-state index contributed by atoms with van der Waals surface area (Å²) in [6.45, 7) is 0. The lowest BCUT2D eigenvalue weighted by molar-refractivity contribution is 0.471. The van der Waals surface area contributed by atoms with Crippen LogP contribution in [-0.4, -0.2) is 5.11 Å². The second-order valence-corrected chi connectivity index (χ2v) is 3.84. The van der Waals surface area contributed by atoms with Crippen molar-refractivity contribution in [2.24, 2.45) is 0 Å². The molecule has 0 aromatic heterocycles. The Balaban J connectivity index is 2.36. The smallest absolute Gasteiger partial charge is 0.130 e. The fraction of sp³-hybridized carbons (Fsp3) is 0.333. The van der Waals surface area contributed by atoms with Crippen molar-refractivity contribution >= 4 is 15.9 Å². The van der Waals surface area contributed by atoms with E-state index in [4.69, 9.17) is 0 Å². The maximum Gasteiger partial charge on any atom is 0.130 e. The van der Waals surface area contributed by atoms with Crippen molar-refractivity contribution in [2.45, 2.75) is 18.8 Å². The molecule has 0 heterocycles. The molecule has 1 saturated carbocycles. The molecule has 1 nitrogen and oxygen atoms in total. The van der Waals surface area contributed by atoms with E-state index in [1.54, 1.807) is 0 Å². The molecular weight excluding hydrogens is 204 g/mol. The molecule has 0 saturated heterocycles. The Labute approximate surface area is 74.2 Å². The Hall–Kier alpha value is -0.500. The quantitative estimate of drug-likeness (QED) is 0.760. The molecule has 58 valence electrons. The molecule has 0 amide bonds. The van der Waals surface area contributed by atoms with E-state index in [2.05, 4.69) is 22.0 Å². The number of phenols is 1. The Bertz CT molecular complexity index is 279. The van der Waals surface area contributed by atoms with Gasteiger partial charge in [-0.15, -0.1) is 0 Å². The predicted molar refractivity (Wildman–Crippen MR) is 47.8 cm³/mol. The summed E-state index contributed by atoms with van der Waals surface area (Å²) in [5.74, 6) is 1.07. The van der Waals surface area contributed by atoms with Crippen LogP contribution in [0.3, 0.4) is 0 Å². The van der Waals surface area contributed by atoms with E-state index in [-0.39, 0.29) is 0 Å². The van der Waals surface area contributed by atoms with Crippen molar-refractivity contribution in [3.8, 4) is 5.75 Å². The molecule has 1 aliphatic rings. The first-order valence-corrected chi connectivity index (χ1v) is 4.55. The molecule has 1 aromatic rings. The minimum Gasteiger partial charge on any atom is -0.507 e. The van der Waals surface area contributed by atoms with Crippen LogP contribution in [0.25, 0.3) is 0 Å². The minimum absolute atomic E-state index is 0.356. The van der Waals surface area contributed by atoms with Gasteiger partial charge in [-0.1, -0.05) is 6.07 Å². The Morgan fingerprint density at radius 1 is 1.36 bits per heavy atom. The molecule has 0 unspecified atom stereocenters. The van der Waals surface area contributed by atoms with Gasteiger partial charge in [-0.2, -0.15) is 0 Å². The lowest BCUT2D eigenvalue weighted by atomic mass is 10.1. The van der Waals surface area contributed by atoms with Crippen molar-refractivity contribution in [3.63, 3.8) is 0 Å². The van der Waals surface area contributed by atoms with Gasteiger partial charge in [0.05, 0.1) is 4.47 Å². The Morgan fingerprint density at radius 2 is 2.09 bits per heavy atom. The largest absolute Gasteiger partial charge is 0.507 e. The van der Waals surface area contributed by atoms with E-state index in [0.717, 1.165) is 4.47 Å². The van der Waals surface area contributed by atoms with Crippen LogP contribution in [0, 0.1) is 0 Å². The average molecular weight is 213 g/mol. The van der Waals surface area contributed by atoms with E-state index < -0.39 is 0 Å². The minimum atomic E-state index is 0.356. The van der Waals surface area contributed by atoms with Gasteiger partial charge in [0.15, 0.2) is 0 Å². The van der Waals surface area contributed by atoms with Gasteiger partial charge in [0, 0.05) is 0 Å². The molecule has 1 aliphatic carbocycles. The van der Waals surface area contributed by atoms with Crippen LogP contribution >= 0.6 is 15.9 Å². The fourth-order valence-corrected chi connectivity index (χ4v) is 1.45. The van der Waals surface area contributed by atoms with Crippen LogP contribution in [-0.2, 0) is 0 Å². The summed E-state index contributed by atoms with van der Waals surface area (Å²) in [6, 6.07) is 5.83. The molecule has 0 atom stereocenters. The third-order valence-corrected chi connectivity index (χ3v) is 2.69. The highest BCUT2D eigenvalue weighted by Crippen LogP contribution is 2.42.